The van der Waals surface area contributed by atoms with Crippen molar-refractivity contribution in [1.29, 1.82) is 0 Å². The molecule has 2 aromatic carbocycles. The Balaban J connectivity index is 2.47. The Hall–Kier alpha value is -1.97. The topological polar surface area (TPSA) is 12.4 Å². The van der Waals surface area contributed by atoms with Crippen molar-refractivity contribution >= 4 is 17.4 Å². The van der Waals surface area contributed by atoms with E-state index >= 15 is 0 Å². The highest BCUT2D eigenvalue weighted by molar-refractivity contribution is 7.78. The smallest absolute Gasteiger partial charge is 0.224 e. The molecule has 0 aliphatic rings. The SMILES string of the molecule is Cc1cc(C)cc(CC(N=C=S)c2cccc(C(F)(F)F)c2C)c1. The number of thiocarbonyl (C=S) groups is 1. The highest BCUT2D eigenvalue weighted by Gasteiger charge is 2.33. The number of alkyl halides is 3. The van der Waals surface area contributed by atoms with Crippen molar-refractivity contribution in [2.45, 2.75) is 39.4 Å². The van der Waals surface area contributed by atoms with Gasteiger partial charge >= 0.3 is 6.18 Å². The van der Waals surface area contributed by atoms with Crippen molar-refractivity contribution in [1.82, 2.24) is 0 Å². The molecule has 0 fully saturated rings. The van der Waals surface area contributed by atoms with Crippen molar-refractivity contribution in [3.05, 3.63) is 69.8 Å². The number of rotatable bonds is 4. The van der Waals surface area contributed by atoms with Gasteiger partial charge < -0.3 is 0 Å². The quantitative estimate of drug-likeness (QED) is 0.486. The third-order valence-corrected chi connectivity index (χ3v) is 4.06. The van der Waals surface area contributed by atoms with Crippen molar-refractivity contribution in [2.24, 2.45) is 4.99 Å². The minimum Gasteiger partial charge on any atom is -0.224 e. The Morgan fingerprint density at radius 2 is 1.71 bits per heavy atom. The molecule has 5 heteroatoms. The fourth-order valence-electron chi connectivity index (χ4n) is 3.02. The maximum Gasteiger partial charge on any atom is 0.416 e. The molecule has 24 heavy (non-hydrogen) atoms. The fraction of sp³-hybridized carbons (Fsp3) is 0.316. The van der Waals surface area contributed by atoms with Gasteiger partial charge in [0.25, 0.3) is 0 Å². The Bertz CT molecular complexity index is 769. The van der Waals surface area contributed by atoms with Crippen LogP contribution in [0.2, 0.25) is 0 Å². The lowest BCUT2D eigenvalue weighted by atomic mass is 9.92. The second-order valence-electron chi connectivity index (χ2n) is 5.95. The molecular formula is C19H18F3NS. The molecule has 0 N–H and O–H groups in total. The van der Waals surface area contributed by atoms with Gasteiger partial charge in [0.2, 0.25) is 0 Å². The van der Waals surface area contributed by atoms with Crippen molar-refractivity contribution in [3.63, 3.8) is 0 Å². The highest BCUT2D eigenvalue weighted by atomic mass is 32.1. The third kappa shape index (κ3) is 4.31. The van der Waals surface area contributed by atoms with Crippen LogP contribution in [0.4, 0.5) is 13.2 Å². The maximum absolute atomic E-state index is 13.1. The molecule has 0 heterocycles. The summed E-state index contributed by atoms with van der Waals surface area (Å²) in [6.07, 6.45) is -3.90. The molecule has 0 radical (unpaired) electrons. The lowest BCUT2D eigenvalue weighted by molar-refractivity contribution is -0.138. The Labute approximate surface area is 145 Å². The molecule has 0 aromatic heterocycles. The van der Waals surface area contributed by atoms with Gasteiger partial charge in [-0.1, -0.05) is 41.5 Å². The number of halogens is 3. The van der Waals surface area contributed by atoms with Gasteiger partial charge in [0.1, 0.15) is 0 Å². The Morgan fingerprint density at radius 1 is 1.08 bits per heavy atom. The summed E-state index contributed by atoms with van der Waals surface area (Å²) >= 11 is 4.71. The van der Waals surface area contributed by atoms with E-state index in [4.69, 9.17) is 12.2 Å². The van der Waals surface area contributed by atoms with Crippen LogP contribution in [-0.4, -0.2) is 5.16 Å². The minimum atomic E-state index is -4.38. The van der Waals surface area contributed by atoms with E-state index in [1.54, 1.807) is 6.07 Å². The number of aryl methyl sites for hydroxylation is 2. The fourth-order valence-corrected chi connectivity index (χ4v) is 3.15. The van der Waals surface area contributed by atoms with E-state index in [-0.39, 0.29) is 5.56 Å². The van der Waals surface area contributed by atoms with Crippen LogP contribution in [0, 0.1) is 20.8 Å². The molecule has 1 atom stereocenters. The van der Waals surface area contributed by atoms with Gasteiger partial charge in [0, 0.05) is 0 Å². The molecule has 0 saturated carbocycles. The Morgan fingerprint density at radius 3 is 2.25 bits per heavy atom. The van der Waals surface area contributed by atoms with Gasteiger partial charge in [-0.3, -0.25) is 0 Å². The third-order valence-electron chi connectivity index (χ3n) is 3.96. The molecule has 2 aromatic rings. The molecule has 0 amide bonds. The standard InChI is InChI=1S/C19H18F3NS/c1-12-7-13(2)9-15(8-12)10-18(23-11-24)16-5-4-6-17(14(16)3)19(20,21)22/h4-9,18H,10H2,1-3H3. The molecule has 0 spiro atoms. The molecule has 0 aliphatic carbocycles. The number of hydrogen-bond acceptors (Lipinski definition) is 2. The zero-order valence-electron chi connectivity index (χ0n) is 13.7. The molecule has 1 nitrogen and oxygen atoms in total. The van der Waals surface area contributed by atoms with Crippen molar-refractivity contribution < 1.29 is 13.2 Å². The predicted molar refractivity (Wildman–Crippen MR) is 93.6 cm³/mol. The van der Waals surface area contributed by atoms with E-state index in [0.29, 0.717) is 12.0 Å². The lowest BCUT2D eigenvalue weighted by Crippen LogP contribution is -2.11. The first kappa shape index (κ1) is 18.4. The first-order chi connectivity index (χ1) is 11.2. The summed E-state index contributed by atoms with van der Waals surface area (Å²) in [5.41, 5.74) is 3.31. The number of hydrogen-bond donors (Lipinski definition) is 0. The van der Waals surface area contributed by atoms with Gasteiger partial charge in [-0.15, -0.1) is 0 Å². The summed E-state index contributed by atoms with van der Waals surface area (Å²) in [5.74, 6) is 0. The van der Waals surface area contributed by atoms with Gasteiger partial charge in [-0.05, 0) is 62.2 Å². The average Bonchev–Trinajstić information content (AvgIpc) is 2.44. The van der Waals surface area contributed by atoms with Crippen LogP contribution in [-0.2, 0) is 12.6 Å². The second kappa shape index (κ2) is 7.29. The average molecular weight is 349 g/mol. The largest absolute Gasteiger partial charge is 0.416 e. The first-order valence-corrected chi connectivity index (χ1v) is 7.94. The lowest BCUT2D eigenvalue weighted by Gasteiger charge is -2.19. The van der Waals surface area contributed by atoms with E-state index in [0.717, 1.165) is 22.8 Å². The van der Waals surface area contributed by atoms with Crippen molar-refractivity contribution in [2.75, 3.05) is 0 Å². The summed E-state index contributed by atoms with van der Waals surface area (Å²) in [6.45, 7) is 5.46. The second-order valence-corrected chi connectivity index (χ2v) is 6.14. The molecular weight excluding hydrogens is 331 g/mol. The predicted octanol–water partition coefficient (Wildman–Crippen LogP) is 6.02. The zero-order valence-corrected chi connectivity index (χ0v) is 14.6. The van der Waals surface area contributed by atoms with Crippen LogP contribution >= 0.6 is 12.2 Å². The number of benzene rings is 2. The van der Waals surface area contributed by atoms with Gasteiger partial charge in [-0.25, -0.2) is 4.99 Å². The van der Waals surface area contributed by atoms with Crippen LogP contribution in [0.3, 0.4) is 0 Å². The molecule has 1 unspecified atom stereocenters. The van der Waals surface area contributed by atoms with Crippen LogP contribution in [0.5, 0.6) is 0 Å². The minimum absolute atomic E-state index is 0.188. The molecule has 126 valence electrons. The normalized spacial score (nSPS) is 12.6. The molecule has 2 rings (SSSR count). The van der Waals surface area contributed by atoms with Crippen LogP contribution in [0.15, 0.2) is 41.4 Å². The van der Waals surface area contributed by atoms with Crippen LogP contribution in [0.25, 0.3) is 0 Å². The van der Waals surface area contributed by atoms with E-state index < -0.39 is 17.8 Å². The van der Waals surface area contributed by atoms with Crippen LogP contribution < -0.4 is 0 Å². The van der Waals surface area contributed by atoms with Gasteiger partial charge in [-0.2, -0.15) is 13.2 Å². The van der Waals surface area contributed by atoms with Crippen LogP contribution in [0.1, 0.15) is 39.4 Å². The maximum atomic E-state index is 13.1. The monoisotopic (exact) mass is 349 g/mol. The Kier molecular flexibility index (Phi) is 5.58. The molecule has 0 bridgehead atoms. The van der Waals surface area contributed by atoms with E-state index in [9.17, 15) is 13.2 Å². The number of nitrogens with zero attached hydrogens (tertiary/aromatic N) is 1. The zero-order chi connectivity index (χ0) is 17.9. The number of aliphatic imine (C=N–C) groups is 1. The van der Waals surface area contributed by atoms with E-state index in [1.165, 1.54) is 13.0 Å². The first-order valence-electron chi connectivity index (χ1n) is 7.53. The summed E-state index contributed by atoms with van der Waals surface area (Å²) in [6, 6.07) is 9.78. The number of isothiocyanates is 1. The molecule has 0 aliphatic heterocycles. The van der Waals surface area contributed by atoms with Gasteiger partial charge in [0.15, 0.2) is 0 Å². The van der Waals surface area contributed by atoms with Gasteiger partial charge in [0.05, 0.1) is 16.8 Å². The summed E-state index contributed by atoms with van der Waals surface area (Å²) < 4.78 is 39.4. The summed E-state index contributed by atoms with van der Waals surface area (Å²) in [5, 5.41) is 2.33. The highest BCUT2D eigenvalue weighted by Crippen LogP contribution is 2.36. The van der Waals surface area contributed by atoms with E-state index in [2.05, 4.69) is 16.2 Å². The molecule has 0 saturated heterocycles. The van der Waals surface area contributed by atoms with Crippen molar-refractivity contribution in [3.8, 4) is 0 Å². The van der Waals surface area contributed by atoms with E-state index in [1.807, 2.05) is 26.0 Å². The summed E-state index contributed by atoms with van der Waals surface area (Å²) in [7, 11) is 0. The summed E-state index contributed by atoms with van der Waals surface area (Å²) in [4.78, 5) is 4.13.